The number of rotatable bonds is 6. The number of ether oxygens (including phenoxy) is 1. The van der Waals surface area contributed by atoms with Crippen LogP contribution >= 0.6 is 0 Å². The van der Waals surface area contributed by atoms with E-state index in [0.29, 0.717) is 12.0 Å². The molecule has 19 heavy (non-hydrogen) atoms. The highest BCUT2D eigenvalue weighted by molar-refractivity contribution is 5.30. The molecule has 1 aliphatic rings. The molecule has 2 atom stereocenters. The standard InChI is InChI=1S/C16H26N2O/c1-5-17-15(16(3,4)19-6-2)13-10-9-12-8-7-11-18-14(12)13/h7-8,11,13,15,17H,5-6,9-10H2,1-4H3. The molecule has 106 valence electrons. The van der Waals surface area contributed by atoms with E-state index in [1.165, 1.54) is 17.7 Å². The Morgan fingerprint density at radius 2 is 2.26 bits per heavy atom. The molecule has 1 aromatic rings. The fourth-order valence-electron chi connectivity index (χ4n) is 3.32. The minimum Gasteiger partial charge on any atom is -0.374 e. The van der Waals surface area contributed by atoms with Crippen molar-refractivity contribution in [3.63, 3.8) is 0 Å². The average molecular weight is 262 g/mol. The van der Waals surface area contributed by atoms with E-state index in [1.54, 1.807) is 0 Å². The van der Waals surface area contributed by atoms with Gasteiger partial charge < -0.3 is 10.1 Å². The van der Waals surface area contributed by atoms with E-state index >= 15 is 0 Å². The minimum absolute atomic E-state index is 0.172. The van der Waals surface area contributed by atoms with E-state index in [2.05, 4.69) is 44.1 Å². The lowest BCUT2D eigenvalue weighted by Gasteiger charge is -2.38. The number of likely N-dealkylation sites (N-methyl/N-ethyl adjacent to an activating group) is 1. The van der Waals surface area contributed by atoms with Crippen molar-refractivity contribution in [1.82, 2.24) is 10.3 Å². The molecule has 3 heteroatoms. The fourth-order valence-corrected chi connectivity index (χ4v) is 3.32. The highest BCUT2D eigenvalue weighted by Crippen LogP contribution is 2.38. The second kappa shape index (κ2) is 6.02. The van der Waals surface area contributed by atoms with Gasteiger partial charge in [0.25, 0.3) is 0 Å². The number of hydrogen-bond donors (Lipinski definition) is 1. The van der Waals surface area contributed by atoms with Crippen molar-refractivity contribution in [2.75, 3.05) is 13.2 Å². The van der Waals surface area contributed by atoms with Gasteiger partial charge in [-0.05, 0) is 51.8 Å². The lowest BCUT2D eigenvalue weighted by Crippen LogP contribution is -2.51. The number of hydrogen-bond acceptors (Lipinski definition) is 3. The second-order valence-electron chi connectivity index (χ2n) is 5.76. The molecule has 0 radical (unpaired) electrons. The van der Waals surface area contributed by atoms with Gasteiger partial charge in [0.15, 0.2) is 0 Å². The summed E-state index contributed by atoms with van der Waals surface area (Å²) >= 11 is 0. The van der Waals surface area contributed by atoms with Crippen LogP contribution in [-0.4, -0.2) is 29.8 Å². The first-order valence-corrected chi connectivity index (χ1v) is 7.41. The van der Waals surface area contributed by atoms with Gasteiger partial charge in [-0.25, -0.2) is 0 Å². The molecule has 0 fully saturated rings. The number of fused-ring (bicyclic) bond motifs is 1. The van der Waals surface area contributed by atoms with Crippen molar-refractivity contribution in [2.24, 2.45) is 0 Å². The summed E-state index contributed by atoms with van der Waals surface area (Å²) in [4.78, 5) is 4.62. The Kier molecular flexibility index (Phi) is 4.58. The zero-order valence-corrected chi connectivity index (χ0v) is 12.6. The summed E-state index contributed by atoms with van der Waals surface area (Å²) in [5.41, 5.74) is 2.50. The van der Waals surface area contributed by atoms with Crippen LogP contribution < -0.4 is 5.32 Å². The van der Waals surface area contributed by atoms with Gasteiger partial charge in [0.1, 0.15) is 0 Å². The van der Waals surface area contributed by atoms with E-state index in [9.17, 15) is 0 Å². The molecule has 1 heterocycles. The molecule has 0 amide bonds. The molecule has 3 nitrogen and oxygen atoms in total. The largest absolute Gasteiger partial charge is 0.374 e. The second-order valence-corrected chi connectivity index (χ2v) is 5.76. The monoisotopic (exact) mass is 262 g/mol. The predicted octanol–water partition coefficient (Wildman–Crippen LogP) is 2.90. The molecule has 0 spiro atoms. The Balaban J connectivity index is 2.26. The van der Waals surface area contributed by atoms with Crippen molar-refractivity contribution in [3.05, 3.63) is 29.6 Å². The van der Waals surface area contributed by atoms with Crippen molar-refractivity contribution >= 4 is 0 Å². The van der Waals surface area contributed by atoms with Crippen molar-refractivity contribution in [3.8, 4) is 0 Å². The number of aryl methyl sites for hydroxylation is 1. The van der Waals surface area contributed by atoms with Gasteiger partial charge in [0.05, 0.1) is 5.60 Å². The molecule has 1 aliphatic carbocycles. The third kappa shape index (κ3) is 2.98. The topological polar surface area (TPSA) is 34.2 Å². The predicted molar refractivity (Wildman–Crippen MR) is 78.5 cm³/mol. The van der Waals surface area contributed by atoms with Crippen LogP contribution in [0.15, 0.2) is 18.3 Å². The molecule has 0 saturated heterocycles. The first kappa shape index (κ1) is 14.5. The molecule has 0 aliphatic heterocycles. The SMILES string of the molecule is CCNC(C1CCc2cccnc21)C(C)(C)OCC. The molecule has 0 saturated carbocycles. The Hall–Kier alpha value is -0.930. The Labute approximate surface area is 116 Å². The summed E-state index contributed by atoms with van der Waals surface area (Å²) in [5.74, 6) is 0.456. The maximum absolute atomic E-state index is 5.98. The van der Waals surface area contributed by atoms with E-state index in [4.69, 9.17) is 4.74 Å². The van der Waals surface area contributed by atoms with Gasteiger partial charge in [-0.3, -0.25) is 4.98 Å². The lowest BCUT2D eigenvalue weighted by atomic mass is 9.85. The molecule has 2 unspecified atom stereocenters. The van der Waals surface area contributed by atoms with E-state index in [0.717, 1.165) is 19.6 Å². The third-order valence-corrected chi connectivity index (χ3v) is 4.09. The molecular formula is C16H26N2O. The van der Waals surface area contributed by atoms with Gasteiger partial charge in [-0.2, -0.15) is 0 Å². The van der Waals surface area contributed by atoms with Crippen molar-refractivity contribution < 1.29 is 4.74 Å². The average Bonchev–Trinajstić information content (AvgIpc) is 2.79. The molecule has 1 aromatic heterocycles. The summed E-state index contributed by atoms with van der Waals surface area (Å²) in [7, 11) is 0. The van der Waals surface area contributed by atoms with Gasteiger partial charge in [-0.1, -0.05) is 13.0 Å². The van der Waals surface area contributed by atoms with Crippen LogP contribution in [0.1, 0.15) is 51.3 Å². The molecule has 2 rings (SSSR count). The summed E-state index contributed by atoms with van der Waals surface area (Å²) < 4.78 is 5.98. The smallest absolute Gasteiger partial charge is 0.0785 e. The van der Waals surface area contributed by atoms with E-state index < -0.39 is 0 Å². The normalized spacial score (nSPS) is 20.3. The zero-order valence-electron chi connectivity index (χ0n) is 12.6. The van der Waals surface area contributed by atoms with E-state index in [1.807, 2.05) is 12.3 Å². The van der Waals surface area contributed by atoms with Crippen LogP contribution in [0.5, 0.6) is 0 Å². The summed E-state index contributed by atoms with van der Waals surface area (Å²) in [6.07, 6.45) is 4.21. The third-order valence-electron chi connectivity index (χ3n) is 4.09. The lowest BCUT2D eigenvalue weighted by molar-refractivity contribution is -0.0447. The van der Waals surface area contributed by atoms with Gasteiger partial charge in [-0.15, -0.1) is 0 Å². The molecular weight excluding hydrogens is 236 g/mol. The van der Waals surface area contributed by atoms with Crippen LogP contribution in [0, 0.1) is 0 Å². The van der Waals surface area contributed by atoms with Gasteiger partial charge in [0.2, 0.25) is 0 Å². The highest BCUT2D eigenvalue weighted by Gasteiger charge is 2.40. The number of nitrogens with zero attached hydrogens (tertiary/aromatic N) is 1. The minimum atomic E-state index is -0.172. The summed E-state index contributed by atoms with van der Waals surface area (Å²) in [6.45, 7) is 10.3. The van der Waals surface area contributed by atoms with Crippen molar-refractivity contribution in [1.29, 1.82) is 0 Å². The maximum Gasteiger partial charge on any atom is 0.0785 e. The molecule has 0 bridgehead atoms. The fraction of sp³-hybridized carbons (Fsp3) is 0.688. The quantitative estimate of drug-likeness (QED) is 0.856. The van der Waals surface area contributed by atoms with Gasteiger partial charge in [0, 0.05) is 30.5 Å². The number of nitrogens with one attached hydrogen (secondary N) is 1. The van der Waals surface area contributed by atoms with Crippen LogP contribution in [0.25, 0.3) is 0 Å². The van der Waals surface area contributed by atoms with Crippen molar-refractivity contribution in [2.45, 2.75) is 58.1 Å². The number of aromatic nitrogens is 1. The first-order chi connectivity index (χ1) is 9.10. The summed E-state index contributed by atoms with van der Waals surface area (Å²) in [5, 5.41) is 3.63. The first-order valence-electron chi connectivity index (χ1n) is 7.41. The Bertz CT molecular complexity index is 417. The van der Waals surface area contributed by atoms with Crippen LogP contribution in [0.3, 0.4) is 0 Å². The maximum atomic E-state index is 5.98. The Morgan fingerprint density at radius 1 is 1.47 bits per heavy atom. The Morgan fingerprint density at radius 3 is 2.95 bits per heavy atom. The molecule has 0 aromatic carbocycles. The highest BCUT2D eigenvalue weighted by atomic mass is 16.5. The number of pyridine rings is 1. The van der Waals surface area contributed by atoms with Crippen LogP contribution in [0.4, 0.5) is 0 Å². The summed E-state index contributed by atoms with van der Waals surface area (Å²) in [6, 6.07) is 4.56. The van der Waals surface area contributed by atoms with Crippen LogP contribution in [0.2, 0.25) is 0 Å². The van der Waals surface area contributed by atoms with Crippen LogP contribution in [-0.2, 0) is 11.2 Å². The van der Waals surface area contributed by atoms with Gasteiger partial charge >= 0.3 is 0 Å². The van der Waals surface area contributed by atoms with E-state index in [-0.39, 0.29) is 5.60 Å². The molecule has 1 N–H and O–H groups in total. The zero-order chi connectivity index (χ0) is 13.9.